The molecule has 5 heterocycles. The molecule has 0 bridgehead atoms. The number of aromatic hydroxyl groups is 1. The molecule has 32 heavy (non-hydrogen) atoms. The van der Waals surface area contributed by atoms with E-state index in [4.69, 9.17) is 9.97 Å². The van der Waals surface area contributed by atoms with Gasteiger partial charge < -0.3 is 10.1 Å². The summed E-state index contributed by atoms with van der Waals surface area (Å²) in [6, 6.07) is 11.8. The molecular weight excluding hydrogens is 409 g/mol. The minimum absolute atomic E-state index is 0.0577. The zero-order chi connectivity index (χ0) is 21.7. The third-order valence-corrected chi connectivity index (χ3v) is 5.21. The van der Waals surface area contributed by atoms with Crippen LogP contribution in [0.25, 0.3) is 56.0 Å². The molecule has 0 spiro atoms. The molecule has 0 atom stereocenters. The van der Waals surface area contributed by atoms with Crippen molar-refractivity contribution >= 4 is 22.1 Å². The molecule has 8 nitrogen and oxygen atoms in total. The Kier molecular flexibility index (Phi) is 3.94. The third-order valence-electron chi connectivity index (χ3n) is 5.21. The highest BCUT2D eigenvalue weighted by Gasteiger charge is 2.18. The van der Waals surface area contributed by atoms with E-state index >= 15 is 0 Å². The summed E-state index contributed by atoms with van der Waals surface area (Å²) in [5.41, 5.74) is 5.41. The second-order valence-electron chi connectivity index (χ2n) is 7.25. The smallest absolute Gasteiger partial charge is 0.161 e. The number of hydrogen-bond donors (Lipinski definition) is 3. The highest BCUT2D eigenvalue weighted by molar-refractivity contribution is 5.95. The minimum Gasteiger partial charge on any atom is -0.506 e. The van der Waals surface area contributed by atoms with Gasteiger partial charge in [-0.1, -0.05) is 18.2 Å². The van der Waals surface area contributed by atoms with E-state index in [1.807, 2.05) is 12.1 Å². The summed E-state index contributed by atoms with van der Waals surface area (Å²) in [5, 5.41) is 17.1. The van der Waals surface area contributed by atoms with Gasteiger partial charge >= 0.3 is 0 Å². The van der Waals surface area contributed by atoms with Gasteiger partial charge in [-0.2, -0.15) is 5.10 Å². The Bertz CT molecular complexity index is 1620. The number of hydrogen-bond acceptors (Lipinski definition) is 6. The lowest BCUT2D eigenvalue weighted by Gasteiger charge is -2.03. The van der Waals surface area contributed by atoms with Crippen molar-refractivity contribution in [1.29, 1.82) is 0 Å². The first-order chi connectivity index (χ1) is 15.7. The van der Waals surface area contributed by atoms with Crippen molar-refractivity contribution < 1.29 is 9.50 Å². The highest BCUT2D eigenvalue weighted by atomic mass is 19.1. The summed E-state index contributed by atoms with van der Waals surface area (Å²) in [5.74, 6) is 0.195. The van der Waals surface area contributed by atoms with Gasteiger partial charge in [0.05, 0.1) is 29.1 Å². The Morgan fingerprint density at radius 3 is 2.56 bits per heavy atom. The van der Waals surface area contributed by atoms with Gasteiger partial charge in [0.25, 0.3) is 0 Å². The fraction of sp³-hybridized carbons (Fsp3) is 0. The summed E-state index contributed by atoms with van der Waals surface area (Å²) < 4.78 is 14.4. The van der Waals surface area contributed by atoms with Crippen molar-refractivity contribution in [2.45, 2.75) is 0 Å². The molecule has 0 fully saturated rings. The van der Waals surface area contributed by atoms with Gasteiger partial charge in [-0.15, -0.1) is 0 Å². The molecule has 154 valence electrons. The molecule has 3 N–H and O–H groups in total. The maximum Gasteiger partial charge on any atom is 0.161 e. The van der Waals surface area contributed by atoms with E-state index < -0.39 is 0 Å². The first-order valence-corrected chi connectivity index (χ1v) is 9.76. The summed E-state index contributed by atoms with van der Waals surface area (Å²) in [4.78, 5) is 20.9. The fourth-order valence-electron chi connectivity index (χ4n) is 3.71. The molecular formula is C23H14FN7O. The number of pyridine rings is 3. The maximum absolute atomic E-state index is 14.4. The van der Waals surface area contributed by atoms with Crippen LogP contribution in [0.1, 0.15) is 0 Å². The predicted octanol–water partition coefficient (Wildman–Crippen LogP) is 4.47. The molecule has 9 heteroatoms. The number of H-pyrrole nitrogens is 2. The summed E-state index contributed by atoms with van der Waals surface area (Å²) in [7, 11) is 0. The lowest BCUT2D eigenvalue weighted by molar-refractivity contribution is 0.473. The normalized spacial score (nSPS) is 11.4. The number of benzene rings is 1. The van der Waals surface area contributed by atoms with Gasteiger partial charge in [0.15, 0.2) is 11.5 Å². The molecule has 1 aromatic carbocycles. The topological polar surface area (TPSA) is 116 Å². The molecule has 6 rings (SSSR count). The molecule has 0 saturated heterocycles. The largest absolute Gasteiger partial charge is 0.506 e. The molecule has 0 unspecified atom stereocenters. The van der Waals surface area contributed by atoms with Crippen LogP contribution in [0.5, 0.6) is 5.75 Å². The van der Waals surface area contributed by atoms with Crippen LogP contribution < -0.4 is 0 Å². The first-order valence-electron chi connectivity index (χ1n) is 9.76. The summed E-state index contributed by atoms with van der Waals surface area (Å²) in [6.07, 6.45) is 6.23. The Hall–Kier alpha value is -4.66. The van der Waals surface area contributed by atoms with Crippen molar-refractivity contribution in [3.8, 4) is 39.7 Å². The van der Waals surface area contributed by atoms with Crippen LogP contribution in [0.4, 0.5) is 4.39 Å². The van der Waals surface area contributed by atoms with Crippen LogP contribution in [0.2, 0.25) is 0 Å². The second-order valence-corrected chi connectivity index (χ2v) is 7.25. The molecule has 0 aliphatic rings. The molecule has 0 amide bonds. The van der Waals surface area contributed by atoms with E-state index in [1.165, 1.54) is 12.3 Å². The highest BCUT2D eigenvalue weighted by Crippen LogP contribution is 2.32. The standard InChI is InChI=1S/C23H14FN7O/c24-16-4-2-1-3-14(16)15-10-26-11-19-20(15)29-23(28-19)22-21-18(30-31-22)6-5-17(27-21)12-7-13(32)9-25-8-12/h1-11,32H,(H,28,29)(H,30,31). The first kappa shape index (κ1) is 18.1. The van der Waals surface area contributed by atoms with E-state index in [2.05, 4.69) is 25.1 Å². The number of halogens is 1. The molecule has 5 aromatic heterocycles. The van der Waals surface area contributed by atoms with Crippen LogP contribution in [-0.2, 0) is 0 Å². The summed E-state index contributed by atoms with van der Waals surface area (Å²) in [6.45, 7) is 0. The maximum atomic E-state index is 14.4. The van der Waals surface area contributed by atoms with E-state index in [0.717, 1.165) is 5.52 Å². The fourth-order valence-corrected chi connectivity index (χ4v) is 3.71. The number of fused-ring (bicyclic) bond motifs is 2. The van der Waals surface area contributed by atoms with Crippen LogP contribution >= 0.6 is 0 Å². The van der Waals surface area contributed by atoms with Crippen molar-refractivity contribution in [3.63, 3.8) is 0 Å². The average molecular weight is 423 g/mol. The van der Waals surface area contributed by atoms with E-state index in [1.54, 1.807) is 42.9 Å². The average Bonchev–Trinajstić information content (AvgIpc) is 3.43. The molecule has 0 aliphatic heterocycles. The van der Waals surface area contributed by atoms with Crippen LogP contribution in [0.3, 0.4) is 0 Å². The number of imidazole rings is 1. The van der Waals surface area contributed by atoms with E-state index in [0.29, 0.717) is 50.5 Å². The number of nitrogens with zero attached hydrogens (tertiary/aromatic N) is 5. The summed E-state index contributed by atoms with van der Waals surface area (Å²) >= 11 is 0. The van der Waals surface area contributed by atoms with Gasteiger partial charge in [-0.05, 0) is 24.3 Å². The SMILES string of the molecule is Oc1cncc(-c2ccc3[nH]nc(-c4nc5c(-c6ccccc6F)cncc5[nH]4)c3n2)c1. The zero-order valence-electron chi connectivity index (χ0n) is 16.4. The van der Waals surface area contributed by atoms with E-state index in [9.17, 15) is 9.50 Å². The lowest BCUT2D eigenvalue weighted by atomic mass is 10.1. The van der Waals surface area contributed by atoms with Crippen molar-refractivity contribution in [2.24, 2.45) is 0 Å². The number of aromatic amines is 2. The molecule has 0 saturated carbocycles. The molecule has 0 aliphatic carbocycles. The van der Waals surface area contributed by atoms with Crippen LogP contribution in [-0.4, -0.2) is 40.2 Å². The van der Waals surface area contributed by atoms with Crippen molar-refractivity contribution in [3.05, 3.63) is 73.1 Å². The van der Waals surface area contributed by atoms with Crippen LogP contribution in [0, 0.1) is 5.82 Å². The zero-order valence-corrected chi connectivity index (χ0v) is 16.4. The second kappa shape index (κ2) is 6.95. The third kappa shape index (κ3) is 2.87. The van der Waals surface area contributed by atoms with E-state index in [-0.39, 0.29) is 11.6 Å². The van der Waals surface area contributed by atoms with Gasteiger partial charge in [-0.3, -0.25) is 15.1 Å². The quantitative estimate of drug-likeness (QED) is 0.387. The number of nitrogens with one attached hydrogen (secondary N) is 2. The number of aromatic nitrogens is 7. The lowest BCUT2D eigenvalue weighted by Crippen LogP contribution is -1.88. The Balaban J connectivity index is 1.52. The Labute approximate surface area is 179 Å². The Morgan fingerprint density at radius 1 is 0.812 bits per heavy atom. The molecule has 0 radical (unpaired) electrons. The van der Waals surface area contributed by atoms with Gasteiger partial charge in [-0.25, -0.2) is 14.4 Å². The van der Waals surface area contributed by atoms with Crippen molar-refractivity contribution in [2.75, 3.05) is 0 Å². The monoisotopic (exact) mass is 423 g/mol. The molecule has 6 aromatic rings. The van der Waals surface area contributed by atoms with Crippen molar-refractivity contribution in [1.82, 2.24) is 35.1 Å². The predicted molar refractivity (Wildman–Crippen MR) is 117 cm³/mol. The minimum atomic E-state index is -0.345. The van der Waals surface area contributed by atoms with Gasteiger partial charge in [0.1, 0.15) is 22.6 Å². The van der Waals surface area contributed by atoms with Crippen LogP contribution in [0.15, 0.2) is 67.3 Å². The Morgan fingerprint density at radius 2 is 1.69 bits per heavy atom. The number of rotatable bonds is 3. The van der Waals surface area contributed by atoms with Gasteiger partial charge in [0, 0.05) is 29.1 Å². The van der Waals surface area contributed by atoms with Gasteiger partial charge in [0.2, 0.25) is 0 Å².